The van der Waals surface area contributed by atoms with Crippen LogP contribution in [0.3, 0.4) is 0 Å². The quantitative estimate of drug-likeness (QED) is 0.392. The molecule has 0 aliphatic rings. The molecule has 2 aromatic carbocycles. The van der Waals surface area contributed by atoms with Crippen LogP contribution in [0.2, 0.25) is 0 Å². The Morgan fingerprint density at radius 3 is 2.54 bits per heavy atom. The number of non-ortho nitro benzene ring substituents is 1. The molecular weight excluding hydrogens is 367 g/mol. The van der Waals surface area contributed by atoms with Gasteiger partial charge in [0.25, 0.3) is 11.6 Å². The first kappa shape index (κ1) is 19.0. The lowest BCUT2D eigenvalue weighted by atomic mass is 10.0. The molecule has 1 aromatic heterocycles. The number of nitro groups is 1. The van der Waals surface area contributed by atoms with Crippen molar-refractivity contribution < 1.29 is 19.2 Å². The smallest absolute Gasteiger partial charge is 0.271 e. The third kappa shape index (κ3) is 3.68. The number of amides is 1. The topological polar surface area (TPSA) is 110 Å². The summed E-state index contributed by atoms with van der Waals surface area (Å²) in [5.74, 6) is -1.36. The summed E-state index contributed by atoms with van der Waals surface area (Å²) >= 11 is 0. The van der Waals surface area contributed by atoms with Gasteiger partial charge in [-0.25, -0.2) is 9.07 Å². The van der Waals surface area contributed by atoms with Crippen molar-refractivity contribution in [3.63, 3.8) is 0 Å². The molecule has 1 heterocycles. The highest BCUT2D eigenvalue weighted by Gasteiger charge is 2.22. The molecule has 0 saturated carbocycles. The molecule has 9 heteroatoms. The summed E-state index contributed by atoms with van der Waals surface area (Å²) in [6.45, 7) is 3.75. The van der Waals surface area contributed by atoms with Gasteiger partial charge >= 0.3 is 0 Å². The van der Waals surface area contributed by atoms with Gasteiger partial charge in [0.05, 0.1) is 33.8 Å². The number of hydrogen-bond donors (Lipinski definition) is 2. The van der Waals surface area contributed by atoms with E-state index in [-0.39, 0.29) is 34.4 Å². The largest absolute Gasteiger partial charge is 0.506 e. The SMILES string of the molecule is CC(C)c1c(C(=O)Nc2cc([N+](=O)[O-])ccc2O)cnn1-c1ccc(F)cc1. The molecule has 0 aliphatic carbocycles. The number of nitrogens with zero attached hydrogens (tertiary/aromatic N) is 3. The summed E-state index contributed by atoms with van der Waals surface area (Å²) in [5, 5.41) is 27.5. The number of aromatic nitrogens is 2. The standard InChI is InChI=1S/C19H17FN4O4/c1-11(2)18-15(10-21-23(18)13-5-3-12(20)4-6-13)19(26)22-16-9-14(24(27)28)7-8-17(16)25/h3-11,25H,1-2H3,(H,22,26). The van der Waals surface area contributed by atoms with Crippen molar-refractivity contribution in [3.8, 4) is 11.4 Å². The second kappa shape index (κ2) is 7.47. The number of anilines is 1. The van der Waals surface area contributed by atoms with E-state index in [2.05, 4.69) is 10.4 Å². The van der Waals surface area contributed by atoms with Crippen LogP contribution < -0.4 is 5.32 Å². The van der Waals surface area contributed by atoms with Crippen molar-refractivity contribution in [1.29, 1.82) is 0 Å². The van der Waals surface area contributed by atoms with Gasteiger partial charge in [0.1, 0.15) is 11.6 Å². The second-order valence-corrected chi connectivity index (χ2v) is 6.40. The van der Waals surface area contributed by atoms with Crippen LogP contribution in [0.25, 0.3) is 5.69 Å². The minimum atomic E-state index is -0.624. The molecule has 0 saturated heterocycles. The number of carbonyl (C=O) groups excluding carboxylic acids is 1. The summed E-state index contributed by atoms with van der Waals surface area (Å²) in [4.78, 5) is 23.1. The first-order valence-corrected chi connectivity index (χ1v) is 8.40. The number of phenols is 1. The van der Waals surface area contributed by atoms with Gasteiger partial charge in [0, 0.05) is 12.1 Å². The molecule has 8 nitrogen and oxygen atoms in total. The molecule has 28 heavy (non-hydrogen) atoms. The molecule has 2 N–H and O–H groups in total. The molecule has 0 bridgehead atoms. The van der Waals surface area contributed by atoms with E-state index >= 15 is 0 Å². The average molecular weight is 384 g/mol. The van der Waals surface area contributed by atoms with E-state index in [0.717, 1.165) is 18.2 Å². The van der Waals surface area contributed by atoms with E-state index in [1.165, 1.54) is 23.0 Å². The Morgan fingerprint density at radius 1 is 1.25 bits per heavy atom. The van der Waals surface area contributed by atoms with E-state index in [1.54, 1.807) is 12.1 Å². The maximum absolute atomic E-state index is 13.2. The first-order chi connectivity index (χ1) is 13.3. The number of benzene rings is 2. The lowest BCUT2D eigenvalue weighted by Gasteiger charge is -2.13. The first-order valence-electron chi connectivity index (χ1n) is 8.40. The van der Waals surface area contributed by atoms with Gasteiger partial charge in [-0.05, 0) is 36.2 Å². The van der Waals surface area contributed by atoms with E-state index < -0.39 is 10.8 Å². The number of hydrogen-bond acceptors (Lipinski definition) is 5. The minimum Gasteiger partial charge on any atom is -0.506 e. The minimum absolute atomic E-state index is 0.0801. The number of phenolic OH excluding ortho intramolecular Hbond substituents is 1. The molecule has 1 amide bonds. The van der Waals surface area contributed by atoms with E-state index in [1.807, 2.05) is 13.8 Å². The zero-order valence-corrected chi connectivity index (χ0v) is 15.1. The molecule has 144 valence electrons. The van der Waals surface area contributed by atoms with Gasteiger partial charge in [-0.2, -0.15) is 5.10 Å². The number of halogens is 1. The van der Waals surface area contributed by atoms with E-state index in [0.29, 0.717) is 11.4 Å². The van der Waals surface area contributed by atoms with Crippen molar-refractivity contribution in [2.24, 2.45) is 0 Å². The summed E-state index contributed by atoms with van der Waals surface area (Å²) in [6.07, 6.45) is 1.36. The summed E-state index contributed by atoms with van der Waals surface area (Å²) in [5.41, 5.74) is 1.06. The Morgan fingerprint density at radius 2 is 1.93 bits per heavy atom. The highest BCUT2D eigenvalue weighted by Crippen LogP contribution is 2.29. The molecule has 0 atom stereocenters. The van der Waals surface area contributed by atoms with E-state index in [4.69, 9.17) is 0 Å². The van der Waals surface area contributed by atoms with Crippen LogP contribution in [0.15, 0.2) is 48.7 Å². The van der Waals surface area contributed by atoms with Crippen LogP contribution in [0, 0.1) is 15.9 Å². The highest BCUT2D eigenvalue weighted by atomic mass is 19.1. The Bertz CT molecular complexity index is 1040. The molecule has 0 fully saturated rings. The normalized spacial score (nSPS) is 10.9. The third-order valence-corrected chi connectivity index (χ3v) is 4.11. The number of nitro benzene ring substituents is 1. The van der Waals surface area contributed by atoms with Crippen LogP contribution in [-0.4, -0.2) is 25.7 Å². The predicted molar refractivity (Wildman–Crippen MR) is 100 cm³/mol. The molecule has 0 unspecified atom stereocenters. The Hall–Kier alpha value is -3.75. The van der Waals surface area contributed by atoms with Gasteiger partial charge in [0.15, 0.2) is 0 Å². The van der Waals surface area contributed by atoms with Crippen molar-refractivity contribution in [3.05, 3.63) is 75.9 Å². The molecule has 3 rings (SSSR count). The van der Waals surface area contributed by atoms with Crippen LogP contribution in [0.4, 0.5) is 15.8 Å². The zero-order chi connectivity index (χ0) is 20.4. The summed E-state index contributed by atoms with van der Waals surface area (Å²) < 4.78 is 14.7. The average Bonchev–Trinajstić information content (AvgIpc) is 3.09. The predicted octanol–water partition coefficient (Wildman–Crippen LogP) is 4.00. The molecule has 0 aliphatic heterocycles. The van der Waals surface area contributed by atoms with Crippen LogP contribution in [0.5, 0.6) is 5.75 Å². The van der Waals surface area contributed by atoms with Gasteiger partial charge in [0.2, 0.25) is 0 Å². The van der Waals surface area contributed by atoms with Crippen LogP contribution in [-0.2, 0) is 0 Å². The molecule has 3 aromatic rings. The highest BCUT2D eigenvalue weighted by molar-refractivity contribution is 6.06. The van der Waals surface area contributed by atoms with Gasteiger partial charge in [-0.15, -0.1) is 0 Å². The van der Waals surface area contributed by atoms with E-state index in [9.17, 15) is 24.4 Å². The maximum Gasteiger partial charge on any atom is 0.271 e. The fraction of sp³-hybridized carbons (Fsp3) is 0.158. The number of aromatic hydroxyl groups is 1. The van der Waals surface area contributed by atoms with Crippen molar-refractivity contribution in [1.82, 2.24) is 9.78 Å². The maximum atomic E-state index is 13.2. The van der Waals surface area contributed by atoms with Crippen LogP contribution in [0.1, 0.15) is 35.8 Å². The van der Waals surface area contributed by atoms with Gasteiger partial charge in [-0.1, -0.05) is 13.8 Å². The molecular formula is C19H17FN4O4. The fourth-order valence-corrected chi connectivity index (χ4v) is 2.80. The monoisotopic (exact) mass is 384 g/mol. The van der Waals surface area contributed by atoms with Crippen molar-refractivity contribution in [2.75, 3.05) is 5.32 Å². The zero-order valence-electron chi connectivity index (χ0n) is 15.1. The van der Waals surface area contributed by atoms with Crippen LogP contribution >= 0.6 is 0 Å². The number of rotatable bonds is 5. The Balaban J connectivity index is 1.98. The summed E-state index contributed by atoms with van der Waals surface area (Å²) in [6, 6.07) is 9.03. The number of nitrogens with one attached hydrogen (secondary N) is 1. The lowest BCUT2D eigenvalue weighted by Crippen LogP contribution is -2.15. The van der Waals surface area contributed by atoms with Crippen molar-refractivity contribution in [2.45, 2.75) is 19.8 Å². The molecule has 0 radical (unpaired) electrons. The van der Waals surface area contributed by atoms with Gasteiger partial charge in [-0.3, -0.25) is 14.9 Å². The molecule has 0 spiro atoms. The second-order valence-electron chi connectivity index (χ2n) is 6.40. The Labute approximate surface area is 159 Å². The van der Waals surface area contributed by atoms with Gasteiger partial charge < -0.3 is 10.4 Å². The lowest BCUT2D eigenvalue weighted by molar-refractivity contribution is -0.384. The van der Waals surface area contributed by atoms with Crippen molar-refractivity contribution >= 4 is 17.3 Å². The fourth-order valence-electron chi connectivity index (χ4n) is 2.80. The number of carbonyl (C=O) groups is 1. The Kier molecular flexibility index (Phi) is 5.08. The third-order valence-electron chi connectivity index (χ3n) is 4.11. The summed E-state index contributed by atoms with van der Waals surface area (Å²) in [7, 11) is 0.